The Hall–Kier alpha value is -1.06. The largest absolute Gasteiger partial charge is 0.497 e. The van der Waals surface area contributed by atoms with Crippen LogP contribution in [-0.2, 0) is 0 Å². The lowest BCUT2D eigenvalue weighted by Gasteiger charge is -2.28. The normalized spacial score (nSPS) is 18.6. The van der Waals surface area contributed by atoms with Crippen molar-refractivity contribution in [3.63, 3.8) is 0 Å². The highest BCUT2D eigenvalue weighted by Crippen LogP contribution is 2.23. The minimum Gasteiger partial charge on any atom is -0.497 e. The molecule has 0 aliphatic heterocycles. The molecule has 3 N–H and O–H groups in total. The minimum absolute atomic E-state index is 0.239. The maximum absolute atomic E-state index is 5.91. The standard InChI is InChI=1S/C15H24N2O/c1-18-14-9-5-6-12(10-14)15(11-16)17-13-7-3-2-4-8-13/h5-6,9-10,13,15,17H,2-4,7-8,11,16H2,1H3. The molecule has 1 aromatic carbocycles. The summed E-state index contributed by atoms with van der Waals surface area (Å²) in [5.41, 5.74) is 7.13. The maximum Gasteiger partial charge on any atom is 0.119 e. The second kappa shape index (κ2) is 6.76. The third-order valence-electron chi connectivity index (χ3n) is 3.77. The molecule has 0 spiro atoms. The summed E-state index contributed by atoms with van der Waals surface area (Å²) in [5, 5.41) is 3.69. The van der Waals surface area contributed by atoms with Gasteiger partial charge in [-0.15, -0.1) is 0 Å². The van der Waals surface area contributed by atoms with Gasteiger partial charge in [-0.1, -0.05) is 31.4 Å². The van der Waals surface area contributed by atoms with Crippen molar-refractivity contribution in [1.82, 2.24) is 5.32 Å². The van der Waals surface area contributed by atoms with E-state index in [-0.39, 0.29) is 6.04 Å². The first-order valence-corrected chi connectivity index (χ1v) is 6.93. The van der Waals surface area contributed by atoms with Crippen LogP contribution in [0.4, 0.5) is 0 Å². The molecule has 0 saturated heterocycles. The van der Waals surface area contributed by atoms with Crippen molar-refractivity contribution >= 4 is 0 Å². The van der Waals surface area contributed by atoms with Crippen LogP contribution in [0, 0.1) is 0 Å². The van der Waals surface area contributed by atoms with E-state index in [0.29, 0.717) is 12.6 Å². The van der Waals surface area contributed by atoms with Crippen LogP contribution in [0.25, 0.3) is 0 Å². The van der Waals surface area contributed by atoms with E-state index in [2.05, 4.69) is 17.4 Å². The van der Waals surface area contributed by atoms with Gasteiger partial charge in [-0.3, -0.25) is 0 Å². The fourth-order valence-corrected chi connectivity index (χ4v) is 2.71. The summed E-state index contributed by atoms with van der Waals surface area (Å²) in [6.45, 7) is 0.629. The first-order chi connectivity index (χ1) is 8.83. The Balaban J connectivity index is 2.02. The molecular formula is C15H24N2O. The van der Waals surface area contributed by atoms with E-state index in [9.17, 15) is 0 Å². The van der Waals surface area contributed by atoms with Gasteiger partial charge < -0.3 is 15.8 Å². The van der Waals surface area contributed by atoms with Gasteiger partial charge >= 0.3 is 0 Å². The molecule has 1 fully saturated rings. The molecule has 1 saturated carbocycles. The Labute approximate surface area is 110 Å². The SMILES string of the molecule is COc1cccc(C(CN)NC2CCCCC2)c1. The van der Waals surface area contributed by atoms with Crippen molar-refractivity contribution in [1.29, 1.82) is 0 Å². The Bertz CT molecular complexity index is 361. The van der Waals surface area contributed by atoms with E-state index >= 15 is 0 Å². The number of rotatable bonds is 5. The van der Waals surface area contributed by atoms with Gasteiger partial charge in [-0.25, -0.2) is 0 Å². The van der Waals surface area contributed by atoms with Crippen LogP contribution in [0.1, 0.15) is 43.7 Å². The minimum atomic E-state index is 0.239. The Kier molecular flexibility index (Phi) is 5.02. The zero-order valence-electron chi connectivity index (χ0n) is 11.2. The summed E-state index contributed by atoms with van der Waals surface area (Å²) < 4.78 is 5.27. The second-order valence-corrected chi connectivity index (χ2v) is 5.07. The molecule has 0 amide bonds. The van der Waals surface area contributed by atoms with Gasteiger partial charge in [-0.05, 0) is 30.5 Å². The molecule has 0 radical (unpaired) electrons. The highest BCUT2D eigenvalue weighted by molar-refractivity contribution is 5.30. The van der Waals surface area contributed by atoms with Crippen molar-refractivity contribution in [3.05, 3.63) is 29.8 Å². The van der Waals surface area contributed by atoms with Crippen LogP contribution >= 0.6 is 0 Å². The van der Waals surface area contributed by atoms with Gasteiger partial charge in [-0.2, -0.15) is 0 Å². The van der Waals surface area contributed by atoms with Crippen LogP contribution in [0.3, 0.4) is 0 Å². The van der Waals surface area contributed by atoms with E-state index < -0.39 is 0 Å². The van der Waals surface area contributed by atoms with E-state index in [1.165, 1.54) is 37.7 Å². The molecule has 3 nitrogen and oxygen atoms in total. The van der Waals surface area contributed by atoms with Crippen molar-refractivity contribution < 1.29 is 4.74 Å². The van der Waals surface area contributed by atoms with Gasteiger partial charge in [0.2, 0.25) is 0 Å². The van der Waals surface area contributed by atoms with Crippen molar-refractivity contribution in [3.8, 4) is 5.75 Å². The van der Waals surface area contributed by atoms with Gasteiger partial charge in [0.1, 0.15) is 5.75 Å². The number of nitrogens with two attached hydrogens (primary N) is 1. The van der Waals surface area contributed by atoms with Crippen LogP contribution in [0.5, 0.6) is 5.75 Å². The van der Waals surface area contributed by atoms with Crippen molar-refractivity contribution in [2.45, 2.75) is 44.2 Å². The fraction of sp³-hybridized carbons (Fsp3) is 0.600. The predicted molar refractivity (Wildman–Crippen MR) is 74.8 cm³/mol. The van der Waals surface area contributed by atoms with Gasteiger partial charge in [0.25, 0.3) is 0 Å². The predicted octanol–water partition coefficient (Wildman–Crippen LogP) is 2.62. The number of ether oxygens (including phenoxy) is 1. The third-order valence-corrected chi connectivity index (χ3v) is 3.77. The molecule has 0 aromatic heterocycles. The maximum atomic E-state index is 5.91. The van der Waals surface area contributed by atoms with Crippen molar-refractivity contribution in [2.75, 3.05) is 13.7 Å². The quantitative estimate of drug-likeness (QED) is 0.842. The average Bonchev–Trinajstić information content (AvgIpc) is 2.46. The lowest BCUT2D eigenvalue weighted by Crippen LogP contribution is -2.37. The summed E-state index contributed by atoms with van der Waals surface area (Å²) in [5.74, 6) is 0.899. The molecule has 3 heteroatoms. The molecule has 1 aromatic rings. The van der Waals surface area contributed by atoms with Crippen molar-refractivity contribution in [2.24, 2.45) is 5.73 Å². The lowest BCUT2D eigenvalue weighted by atomic mass is 9.94. The van der Waals surface area contributed by atoms with Crippen LogP contribution < -0.4 is 15.8 Å². The number of hydrogen-bond donors (Lipinski definition) is 2. The van der Waals surface area contributed by atoms with Gasteiger partial charge in [0, 0.05) is 18.6 Å². The second-order valence-electron chi connectivity index (χ2n) is 5.07. The smallest absolute Gasteiger partial charge is 0.119 e. The van der Waals surface area contributed by atoms with E-state index in [1.54, 1.807) is 7.11 Å². The monoisotopic (exact) mass is 248 g/mol. The molecule has 1 aliphatic carbocycles. The number of hydrogen-bond acceptors (Lipinski definition) is 3. The first kappa shape index (κ1) is 13.4. The molecule has 100 valence electrons. The molecule has 18 heavy (non-hydrogen) atoms. The lowest BCUT2D eigenvalue weighted by molar-refractivity contribution is 0.339. The topological polar surface area (TPSA) is 47.3 Å². The average molecular weight is 248 g/mol. The zero-order valence-corrected chi connectivity index (χ0v) is 11.2. The first-order valence-electron chi connectivity index (χ1n) is 6.93. The van der Waals surface area contributed by atoms with E-state index in [4.69, 9.17) is 10.5 Å². The Morgan fingerprint density at radius 3 is 2.78 bits per heavy atom. The third kappa shape index (κ3) is 3.47. The Morgan fingerprint density at radius 2 is 2.11 bits per heavy atom. The molecular weight excluding hydrogens is 224 g/mol. The molecule has 1 atom stereocenters. The van der Waals surface area contributed by atoms with E-state index in [1.807, 2.05) is 12.1 Å². The van der Waals surface area contributed by atoms with Crippen LogP contribution in [-0.4, -0.2) is 19.7 Å². The summed E-state index contributed by atoms with van der Waals surface area (Å²) in [4.78, 5) is 0. The summed E-state index contributed by atoms with van der Waals surface area (Å²) in [6.07, 6.45) is 6.62. The summed E-state index contributed by atoms with van der Waals surface area (Å²) in [7, 11) is 1.70. The number of benzene rings is 1. The van der Waals surface area contributed by atoms with Gasteiger partial charge in [0.15, 0.2) is 0 Å². The highest BCUT2D eigenvalue weighted by atomic mass is 16.5. The zero-order chi connectivity index (χ0) is 12.8. The van der Waals surface area contributed by atoms with Gasteiger partial charge in [0.05, 0.1) is 7.11 Å². The summed E-state index contributed by atoms with van der Waals surface area (Å²) in [6, 6.07) is 9.06. The molecule has 2 rings (SSSR count). The fourth-order valence-electron chi connectivity index (χ4n) is 2.71. The number of nitrogens with one attached hydrogen (secondary N) is 1. The Morgan fingerprint density at radius 1 is 1.33 bits per heavy atom. The highest BCUT2D eigenvalue weighted by Gasteiger charge is 2.18. The summed E-state index contributed by atoms with van der Waals surface area (Å²) >= 11 is 0. The number of methoxy groups -OCH3 is 1. The molecule has 0 heterocycles. The van der Waals surface area contributed by atoms with Crippen LogP contribution in [0.2, 0.25) is 0 Å². The van der Waals surface area contributed by atoms with Crippen LogP contribution in [0.15, 0.2) is 24.3 Å². The molecule has 0 bridgehead atoms. The molecule has 1 aliphatic rings. The molecule has 1 unspecified atom stereocenters. The van der Waals surface area contributed by atoms with E-state index in [0.717, 1.165) is 5.75 Å².